The molecule has 0 fully saturated rings. The van der Waals surface area contributed by atoms with E-state index >= 15 is 0 Å². The largest absolute Gasteiger partial charge is 0.505 e. The van der Waals surface area contributed by atoms with E-state index in [0.29, 0.717) is 18.5 Å². The van der Waals surface area contributed by atoms with Crippen molar-refractivity contribution in [2.45, 2.75) is 13.3 Å². The number of aromatic hydroxyl groups is 1. The number of halogens is 1. The first-order valence-electron chi connectivity index (χ1n) is 5.53. The molecular formula is C12H17FN2O2. The summed E-state index contributed by atoms with van der Waals surface area (Å²) >= 11 is 0. The standard InChI is InChI=1S/C12H17FN2O2/c1-2-15-12(17)9(7-14)5-8-3-4-11(16)10(13)6-8/h3-4,6,9,16H,2,5,7,14H2,1H3,(H,15,17). The van der Waals surface area contributed by atoms with E-state index in [2.05, 4.69) is 5.32 Å². The average molecular weight is 240 g/mol. The molecule has 4 nitrogen and oxygen atoms in total. The summed E-state index contributed by atoms with van der Waals surface area (Å²) in [5, 5.41) is 11.7. The van der Waals surface area contributed by atoms with Crippen molar-refractivity contribution in [3.8, 4) is 5.75 Å². The molecule has 0 heterocycles. The highest BCUT2D eigenvalue weighted by Gasteiger charge is 2.17. The number of nitrogens with one attached hydrogen (secondary N) is 1. The number of carbonyl (C=O) groups is 1. The van der Waals surface area contributed by atoms with Gasteiger partial charge in [0.15, 0.2) is 11.6 Å². The van der Waals surface area contributed by atoms with Crippen molar-refractivity contribution in [1.82, 2.24) is 5.32 Å². The molecule has 0 aliphatic carbocycles. The molecule has 0 radical (unpaired) electrons. The summed E-state index contributed by atoms with van der Waals surface area (Å²) in [5.41, 5.74) is 6.16. The summed E-state index contributed by atoms with van der Waals surface area (Å²) < 4.78 is 13.1. The van der Waals surface area contributed by atoms with Crippen LogP contribution in [-0.2, 0) is 11.2 Å². The van der Waals surface area contributed by atoms with Crippen LogP contribution in [0.25, 0.3) is 0 Å². The predicted molar refractivity (Wildman–Crippen MR) is 63.0 cm³/mol. The Morgan fingerprint density at radius 3 is 2.82 bits per heavy atom. The lowest BCUT2D eigenvalue weighted by atomic mass is 9.98. The van der Waals surface area contributed by atoms with Crippen LogP contribution in [0.4, 0.5) is 4.39 Å². The number of phenolic OH excluding ortho intramolecular Hbond substituents is 1. The molecule has 0 aliphatic rings. The van der Waals surface area contributed by atoms with Crippen molar-refractivity contribution in [2.75, 3.05) is 13.1 Å². The van der Waals surface area contributed by atoms with Crippen LogP contribution in [0.5, 0.6) is 5.75 Å². The lowest BCUT2D eigenvalue weighted by molar-refractivity contribution is -0.124. The first-order valence-corrected chi connectivity index (χ1v) is 5.53. The van der Waals surface area contributed by atoms with Crippen molar-refractivity contribution in [3.63, 3.8) is 0 Å². The molecule has 1 aromatic rings. The number of hydrogen-bond donors (Lipinski definition) is 3. The second-order valence-corrected chi connectivity index (χ2v) is 3.82. The summed E-state index contributed by atoms with van der Waals surface area (Å²) in [5.74, 6) is -1.59. The van der Waals surface area contributed by atoms with Crippen molar-refractivity contribution in [1.29, 1.82) is 0 Å². The quantitative estimate of drug-likeness (QED) is 0.712. The van der Waals surface area contributed by atoms with Crippen molar-refractivity contribution in [3.05, 3.63) is 29.6 Å². The first-order chi connectivity index (χ1) is 8.08. The monoisotopic (exact) mass is 240 g/mol. The molecule has 0 aliphatic heterocycles. The normalized spacial score (nSPS) is 12.2. The zero-order chi connectivity index (χ0) is 12.8. The molecule has 1 rings (SSSR count). The van der Waals surface area contributed by atoms with E-state index in [1.54, 1.807) is 6.07 Å². The Bertz CT molecular complexity index is 396. The highest BCUT2D eigenvalue weighted by Crippen LogP contribution is 2.18. The van der Waals surface area contributed by atoms with Crippen molar-refractivity contribution in [2.24, 2.45) is 11.7 Å². The SMILES string of the molecule is CCNC(=O)C(CN)Cc1ccc(O)c(F)c1. The molecular weight excluding hydrogens is 223 g/mol. The maximum absolute atomic E-state index is 13.1. The second-order valence-electron chi connectivity index (χ2n) is 3.82. The van der Waals surface area contributed by atoms with Gasteiger partial charge < -0.3 is 16.2 Å². The van der Waals surface area contributed by atoms with Gasteiger partial charge >= 0.3 is 0 Å². The van der Waals surface area contributed by atoms with Gasteiger partial charge in [0.2, 0.25) is 5.91 Å². The lowest BCUT2D eigenvalue weighted by Crippen LogP contribution is -2.36. The van der Waals surface area contributed by atoms with E-state index in [-0.39, 0.29) is 18.4 Å². The molecule has 0 saturated carbocycles. The fraction of sp³-hybridized carbons (Fsp3) is 0.417. The number of phenols is 1. The molecule has 1 amide bonds. The van der Waals surface area contributed by atoms with Crippen LogP contribution in [0.15, 0.2) is 18.2 Å². The van der Waals surface area contributed by atoms with E-state index in [4.69, 9.17) is 10.8 Å². The van der Waals surface area contributed by atoms with Gasteiger partial charge in [-0.05, 0) is 31.0 Å². The minimum atomic E-state index is -0.686. The molecule has 1 aromatic carbocycles. The summed E-state index contributed by atoms with van der Waals surface area (Å²) in [6.07, 6.45) is 0.361. The second kappa shape index (κ2) is 6.20. The van der Waals surface area contributed by atoms with Crippen LogP contribution in [0.1, 0.15) is 12.5 Å². The van der Waals surface area contributed by atoms with Gasteiger partial charge in [0.1, 0.15) is 0 Å². The molecule has 1 unspecified atom stereocenters. The highest BCUT2D eigenvalue weighted by molar-refractivity contribution is 5.79. The van der Waals surface area contributed by atoms with Gasteiger partial charge in [-0.25, -0.2) is 4.39 Å². The topological polar surface area (TPSA) is 75.4 Å². The van der Waals surface area contributed by atoms with Gasteiger partial charge in [0, 0.05) is 13.1 Å². The number of amides is 1. The van der Waals surface area contributed by atoms with Gasteiger partial charge in [0.05, 0.1) is 5.92 Å². The molecule has 5 heteroatoms. The van der Waals surface area contributed by atoms with Gasteiger partial charge in [-0.1, -0.05) is 6.07 Å². The van der Waals surface area contributed by atoms with Gasteiger partial charge in [-0.2, -0.15) is 0 Å². The van der Waals surface area contributed by atoms with Crippen LogP contribution >= 0.6 is 0 Å². The fourth-order valence-electron chi connectivity index (χ4n) is 1.56. The Kier molecular flexibility index (Phi) is 4.90. The van der Waals surface area contributed by atoms with Crippen LogP contribution in [0, 0.1) is 11.7 Å². The maximum atomic E-state index is 13.1. The summed E-state index contributed by atoms with van der Waals surface area (Å²) in [7, 11) is 0. The first kappa shape index (κ1) is 13.4. The van der Waals surface area contributed by atoms with Crippen LogP contribution in [0.2, 0.25) is 0 Å². The average Bonchev–Trinajstić information content (AvgIpc) is 2.30. The predicted octanol–water partition coefficient (Wildman–Crippen LogP) is 0.785. The summed E-state index contributed by atoms with van der Waals surface area (Å²) in [4.78, 5) is 11.6. The van der Waals surface area contributed by atoms with Gasteiger partial charge in [-0.3, -0.25) is 4.79 Å². The fourth-order valence-corrected chi connectivity index (χ4v) is 1.56. The number of carbonyl (C=O) groups excluding carboxylic acids is 1. The Labute approximate surface area is 99.6 Å². The van der Waals surface area contributed by atoms with Gasteiger partial charge in [0.25, 0.3) is 0 Å². The third-order valence-corrected chi connectivity index (χ3v) is 2.50. The third kappa shape index (κ3) is 3.71. The van der Waals surface area contributed by atoms with E-state index in [9.17, 15) is 9.18 Å². The summed E-state index contributed by atoms with van der Waals surface area (Å²) in [6, 6.07) is 4.08. The summed E-state index contributed by atoms with van der Waals surface area (Å²) in [6.45, 7) is 2.57. The third-order valence-electron chi connectivity index (χ3n) is 2.50. The molecule has 0 spiro atoms. The van der Waals surface area contributed by atoms with Gasteiger partial charge in [-0.15, -0.1) is 0 Å². The maximum Gasteiger partial charge on any atom is 0.224 e. The Balaban J connectivity index is 2.73. The number of benzene rings is 1. The molecule has 94 valence electrons. The lowest BCUT2D eigenvalue weighted by Gasteiger charge is -2.14. The molecule has 17 heavy (non-hydrogen) atoms. The van der Waals surface area contributed by atoms with E-state index < -0.39 is 11.6 Å². The minimum Gasteiger partial charge on any atom is -0.505 e. The number of nitrogens with two attached hydrogens (primary N) is 1. The van der Waals surface area contributed by atoms with Crippen LogP contribution in [0.3, 0.4) is 0 Å². The zero-order valence-electron chi connectivity index (χ0n) is 9.74. The molecule has 0 saturated heterocycles. The molecule has 0 aromatic heterocycles. The molecule has 1 atom stereocenters. The Hall–Kier alpha value is -1.62. The van der Waals surface area contributed by atoms with E-state index in [1.807, 2.05) is 6.92 Å². The number of hydrogen-bond acceptors (Lipinski definition) is 3. The van der Waals surface area contributed by atoms with Crippen molar-refractivity contribution < 1.29 is 14.3 Å². The smallest absolute Gasteiger partial charge is 0.224 e. The zero-order valence-corrected chi connectivity index (χ0v) is 9.74. The van der Waals surface area contributed by atoms with Crippen LogP contribution in [-0.4, -0.2) is 24.1 Å². The van der Waals surface area contributed by atoms with Crippen LogP contribution < -0.4 is 11.1 Å². The van der Waals surface area contributed by atoms with E-state index in [0.717, 1.165) is 0 Å². The van der Waals surface area contributed by atoms with E-state index in [1.165, 1.54) is 12.1 Å². The molecule has 0 bridgehead atoms. The highest BCUT2D eigenvalue weighted by atomic mass is 19.1. The van der Waals surface area contributed by atoms with Crippen molar-refractivity contribution >= 4 is 5.91 Å². The molecule has 4 N–H and O–H groups in total. The minimum absolute atomic E-state index is 0.136. The number of rotatable bonds is 5. The Morgan fingerprint density at radius 2 is 2.29 bits per heavy atom. The Morgan fingerprint density at radius 1 is 1.59 bits per heavy atom.